The molecule has 1 amide bonds. The Labute approximate surface area is 214 Å². The van der Waals surface area contributed by atoms with E-state index in [2.05, 4.69) is 89.1 Å². The van der Waals surface area contributed by atoms with Crippen molar-refractivity contribution in [3.8, 4) is 5.75 Å². The van der Waals surface area contributed by atoms with Crippen molar-refractivity contribution in [2.24, 2.45) is 11.3 Å². The average molecular weight is 500 g/mol. The van der Waals surface area contributed by atoms with Crippen LogP contribution in [0.1, 0.15) is 84.8 Å². The van der Waals surface area contributed by atoms with Gasteiger partial charge in [0.1, 0.15) is 34.8 Å². The van der Waals surface area contributed by atoms with Gasteiger partial charge < -0.3 is 23.5 Å². The third-order valence-electron chi connectivity index (χ3n) is 8.86. The minimum Gasteiger partial charge on any atom is -0.490 e. The van der Waals surface area contributed by atoms with Crippen molar-refractivity contribution in [3.05, 3.63) is 30.0 Å². The van der Waals surface area contributed by atoms with Crippen molar-refractivity contribution in [1.29, 1.82) is 0 Å². The summed E-state index contributed by atoms with van der Waals surface area (Å²) in [5.41, 5.74) is 1.41. The van der Waals surface area contributed by atoms with Crippen LogP contribution < -0.4 is 4.74 Å². The van der Waals surface area contributed by atoms with Crippen molar-refractivity contribution in [2.45, 2.75) is 92.0 Å². The lowest BCUT2D eigenvalue weighted by molar-refractivity contribution is -0.0398. The molecule has 2 aliphatic heterocycles. The van der Waals surface area contributed by atoms with Gasteiger partial charge in [-0.05, 0) is 76.1 Å². The number of carbonyl (C=O) groups excluding carboxylic acids is 1. The molecular formula is C28H45N3O3Si. The molecule has 1 aromatic carbocycles. The number of carbonyl (C=O) groups is 1. The SMILES string of the molecule is CC(C)N1CCC(Oc2ccc3c(c2)cc2n3C(C(C)(C)C(C)C)C(C)(C)N(CO[SiH3])C2=O)CC1. The van der Waals surface area contributed by atoms with E-state index in [-0.39, 0.29) is 23.5 Å². The first-order chi connectivity index (χ1) is 16.4. The topological polar surface area (TPSA) is 46.9 Å². The molecular weight excluding hydrogens is 454 g/mol. The predicted octanol–water partition coefficient (Wildman–Crippen LogP) is 4.61. The lowest BCUT2D eigenvalue weighted by Crippen LogP contribution is -2.61. The highest BCUT2D eigenvalue weighted by molar-refractivity contribution is 6.01. The van der Waals surface area contributed by atoms with Crippen LogP contribution in [-0.2, 0) is 4.43 Å². The molecule has 0 N–H and O–H groups in total. The van der Waals surface area contributed by atoms with E-state index in [1.807, 2.05) is 4.90 Å². The smallest absolute Gasteiger partial charge is 0.272 e. The molecule has 0 radical (unpaired) electrons. The van der Waals surface area contributed by atoms with Crippen LogP contribution in [0.25, 0.3) is 10.9 Å². The average Bonchev–Trinajstić information content (AvgIpc) is 3.15. The van der Waals surface area contributed by atoms with Crippen LogP contribution >= 0.6 is 0 Å². The van der Waals surface area contributed by atoms with Gasteiger partial charge in [-0.3, -0.25) is 4.79 Å². The molecule has 6 nitrogen and oxygen atoms in total. The Morgan fingerprint density at radius 1 is 1.11 bits per heavy atom. The summed E-state index contributed by atoms with van der Waals surface area (Å²) in [6.07, 6.45) is 2.35. The first kappa shape index (κ1) is 26.2. The molecule has 4 rings (SSSR count). The van der Waals surface area contributed by atoms with Gasteiger partial charge in [-0.1, -0.05) is 27.7 Å². The Kier molecular flexibility index (Phi) is 7.17. The highest BCUT2D eigenvalue weighted by Crippen LogP contribution is 2.51. The molecule has 1 unspecified atom stereocenters. The normalized spacial score (nSPS) is 21.9. The van der Waals surface area contributed by atoms with E-state index in [9.17, 15) is 4.79 Å². The van der Waals surface area contributed by atoms with Crippen molar-refractivity contribution >= 4 is 27.3 Å². The Balaban J connectivity index is 1.73. The Morgan fingerprint density at radius 2 is 1.77 bits per heavy atom. The molecule has 1 fully saturated rings. The molecule has 194 valence electrons. The summed E-state index contributed by atoms with van der Waals surface area (Å²) in [5.74, 6) is 1.37. The fraction of sp³-hybridized carbons (Fsp3) is 0.679. The molecule has 35 heavy (non-hydrogen) atoms. The quantitative estimate of drug-likeness (QED) is 0.522. The highest BCUT2D eigenvalue weighted by Gasteiger charge is 2.53. The fourth-order valence-electron chi connectivity index (χ4n) is 6.21. The van der Waals surface area contributed by atoms with Crippen LogP contribution in [0.2, 0.25) is 0 Å². The van der Waals surface area contributed by atoms with Crippen LogP contribution in [-0.4, -0.2) is 68.3 Å². The number of hydrogen-bond acceptors (Lipinski definition) is 4. The van der Waals surface area contributed by atoms with Gasteiger partial charge in [0.2, 0.25) is 0 Å². The summed E-state index contributed by atoms with van der Waals surface area (Å²) in [5, 5.41) is 1.07. The van der Waals surface area contributed by atoms with E-state index in [1.54, 1.807) is 0 Å². The Hall–Kier alpha value is -1.83. The molecule has 1 atom stereocenters. The second-order valence-corrected chi connectivity index (χ2v) is 12.8. The van der Waals surface area contributed by atoms with Crippen LogP contribution in [0.4, 0.5) is 0 Å². The minimum absolute atomic E-state index is 0.0429. The Morgan fingerprint density at radius 3 is 2.34 bits per heavy atom. The summed E-state index contributed by atoms with van der Waals surface area (Å²) < 4.78 is 14.4. The minimum atomic E-state index is -0.395. The van der Waals surface area contributed by atoms with Gasteiger partial charge in [0.25, 0.3) is 5.91 Å². The zero-order valence-corrected chi connectivity index (χ0v) is 25.2. The summed E-state index contributed by atoms with van der Waals surface area (Å²) in [6.45, 7) is 20.6. The molecule has 0 aliphatic carbocycles. The molecule has 2 aromatic rings. The number of ether oxygens (including phenoxy) is 1. The summed E-state index contributed by atoms with van der Waals surface area (Å²) in [4.78, 5) is 18.2. The third kappa shape index (κ3) is 4.55. The fourth-order valence-corrected chi connectivity index (χ4v) is 6.47. The first-order valence-electron chi connectivity index (χ1n) is 13.3. The molecule has 1 saturated heterocycles. The van der Waals surface area contributed by atoms with Gasteiger partial charge in [0, 0.05) is 30.0 Å². The van der Waals surface area contributed by atoms with E-state index in [0.29, 0.717) is 29.2 Å². The first-order valence-corrected chi connectivity index (χ1v) is 14.1. The molecule has 1 aromatic heterocycles. The standard InChI is InChI=1S/C28H45N3O3Si/c1-18(2)27(5,6)26-28(7,8)30(17-33-35)25(32)24-16-20-15-22(9-10-23(20)31(24)26)34-21-11-13-29(14-12-21)19(3)4/h9-10,15-16,18-19,21,26H,11-14,17H2,1-8,35H3. The maximum atomic E-state index is 13.7. The second kappa shape index (κ2) is 9.56. The van der Waals surface area contributed by atoms with E-state index >= 15 is 0 Å². The maximum Gasteiger partial charge on any atom is 0.272 e. The highest BCUT2D eigenvalue weighted by atomic mass is 28.2. The molecule has 0 bridgehead atoms. The Bertz CT molecular complexity index is 1070. The van der Waals surface area contributed by atoms with E-state index in [1.165, 1.54) is 0 Å². The van der Waals surface area contributed by atoms with Crippen molar-refractivity contribution in [2.75, 3.05) is 19.8 Å². The lowest BCUT2D eigenvalue weighted by atomic mass is 9.66. The number of benzene rings is 1. The number of piperidine rings is 1. The lowest BCUT2D eigenvalue weighted by Gasteiger charge is -2.55. The summed E-state index contributed by atoms with van der Waals surface area (Å²) in [6, 6.07) is 9.12. The number of fused-ring (bicyclic) bond motifs is 3. The number of amides is 1. The second-order valence-electron chi connectivity index (χ2n) is 12.3. The van der Waals surface area contributed by atoms with Gasteiger partial charge in [0.05, 0.1) is 11.6 Å². The third-order valence-corrected chi connectivity index (χ3v) is 9.12. The zero-order valence-electron chi connectivity index (χ0n) is 23.2. The number of nitrogens with zero attached hydrogens (tertiary/aromatic N) is 3. The van der Waals surface area contributed by atoms with E-state index in [0.717, 1.165) is 48.3 Å². The van der Waals surface area contributed by atoms with E-state index in [4.69, 9.17) is 9.16 Å². The van der Waals surface area contributed by atoms with Crippen LogP contribution in [0.3, 0.4) is 0 Å². The maximum absolute atomic E-state index is 13.7. The number of aromatic nitrogens is 1. The van der Waals surface area contributed by atoms with Gasteiger partial charge in [0.15, 0.2) is 0 Å². The number of rotatable bonds is 7. The largest absolute Gasteiger partial charge is 0.490 e. The van der Waals surface area contributed by atoms with Crippen molar-refractivity contribution in [3.63, 3.8) is 0 Å². The van der Waals surface area contributed by atoms with Crippen molar-refractivity contribution in [1.82, 2.24) is 14.4 Å². The van der Waals surface area contributed by atoms with Crippen molar-refractivity contribution < 1.29 is 14.0 Å². The predicted molar refractivity (Wildman–Crippen MR) is 146 cm³/mol. The van der Waals surface area contributed by atoms with Gasteiger partial charge in [-0.15, -0.1) is 0 Å². The number of likely N-dealkylation sites (tertiary alicyclic amines) is 1. The van der Waals surface area contributed by atoms with Gasteiger partial charge in [-0.2, -0.15) is 0 Å². The van der Waals surface area contributed by atoms with Crippen LogP contribution in [0.15, 0.2) is 24.3 Å². The monoisotopic (exact) mass is 499 g/mol. The van der Waals surface area contributed by atoms with Crippen LogP contribution in [0.5, 0.6) is 5.75 Å². The van der Waals surface area contributed by atoms with Gasteiger partial charge >= 0.3 is 0 Å². The summed E-state index contributed by atoms with van der Waals surface area (Å²) >= 11 is 0. The van der Waals surface area contributed by atoms with E-state index < -0.39 is 5.54 Å². The molecule has 2 aliphatic rings. The summed E-state index contributed by atoms with van der Waals surface area (Å²) in [7, 11) is 0.600. The number of hydrogen-bond donors (Lipinski definition) is 0. The van der Waals surface area contributed by atoms with Gasteiger partial charge in [-0.25, -0.2) is 0 Å². The molecule has 0 spiro atoms. The molecule has 3 heterocycles. The van der Waals surface area contributed by atoms with Crippen LogP contribution in [0, 0.1) is 11.3 Å². The molecule has 0 saturated carbocycles. The zero-order chi connectivity index (χ0) is 25.7. The molecule has 7 heteroatoms.